The van der Waals surface area contributed by atoms with Gasteiger partial charge in [0, 0.05) is 17.7 Å². The number of benzene rings is 2. The molecular weight excluding hydrogens is 456 g/mol. The average molecular weight is 470 g/mol. The highest BCUT2D eigenvalue weighted by Crippen LogP contribution is 2.25. The molecule has 0 fully saturated rings. The van der Waals surface area contributed by atoms with Crippen LogP contribution in [-0.4, -0.2) is 23.9 Å². The highest BCUT2D eigenvalue weighted by molar-refractivity contribution is 9.10. The number of halogens is 3. The van der Waals surface area contributed by atoms with Crippen molar-refractivity contribution in [3.8, 4) is 11.4 Å². The molecule has 0 spiro atoms. The zero-order valence-electron chi connectivity index (χ0n) is 14.7. The third-order valence-corrected chi connectivity index (χ3v) is 5.93. The van der Waals surface area contributed by atoms with Gasteiger partial charge in [-0.2, -0.15) is 0 Å². The van der Waals surface area contributed by atoms with Gasteiger partial charge in [-0.25, -0.2) is 26.9 Å². The number of carbonyl (C=O) groups excluding carboxylic acids is 1. The molecule has 1 amide bonds. The number of nitrogens with one attached hydrogen (secondary N) is 1. The first-order valence-corrected chi connectivity index (χ1v) is 10.2. The summed E-state index contributed by atoms with van der Waals surface area (Å²) in [5, 5.41) is 0. The van der Waals surface area contributed by atoms with E-state index in [1.54, 1.807) is 13.0 Å². The Labute approximate surface area is 168 Å². The average Bonchev–Trinajstić information content (AvgIpc) is 2.96. The van der Waals surface area contributed by atoms with E-state index in [1.807, 2.05) is 4.72 Å². The van der Waals surface area contributed by atoms with Gasteiger partial charge in [-0.1, -0.05) is 22.0 Å². The number of sulfonamides is 1. The molecule has 10 heteroatoms. The van der Waals surface area contributed by atoms with Gasteiger partial charge in [-0.3, -0.25) is 4.79 Å². The second kappa shape index (κ2) is 7.44. The van der Waals surface area contributed by atoms with E-state index in [0.717, 1.165) is 12.1 Å². The first-order valence-electron chi connectivity index (χ1n) is 7.91. The number of aromatic nitrogens is 2. The van der Waals surface area contributed by atoms with Crippen LogP contribution in [0.25, 0.3) is 11.4 Å². The van der Waals surface area contributed by atoms with Crippen LogP contribution >= 0.6 is 15.9 Å². The highest BCUT2D eigenvalue weighted by atomic mass is 79.9. The molecule has 0 saturated carbocycles. The second-order valence-corrected chi connectivity index (χ2v) is 8.57. The Hall–Kier alpha value is -2.59. The Bertz CT molecular complexity index is 1170. The number of carbonyl (C=O) groups is 1. The van der Waals surface area contributed by atoms with E-state index < -0.39 is 33.1 Å². The fraction of sp³-hybridized carbons (Fsp3) is 0.111. The van der Waals surface area contributed by atoms with Gasteiger partial charge in [0.25, 0.3) is 15.9 Å². The Balaban J connectivity index is 1.94. The van der Waals surface area contributed by atoms with Crippen LogP contribution in [0.4, 0.5) is 8.78 Å². The van der Waals surface area contributed by atoms with Gasteiger partial charge in [-0.15, -0.1) is 0 Å². The van der Waals surface area contributed by atoms with Gasteiger partial charge in [0.15, 0.2) is 0 Å². The second-order valence-electron chi connectivity index (χ2n) is 6.00. The molecule has 0 aliphatic carbocycles. The quantitative estimate of drug-likeness (QED) is 0.633. The van der Waals surface area contributed by atoms with Gasteiger partial charge >= 0.3 is 0 Å². The van der Waals surface area contributed by atoms with Gasteiger partial charge in [0.1, 0.15) is 23.2 Å². The predicted molar refractivity (Wildman–Crippen MR) is 102 cm³/mol. The zero-order valence-corrected chi connectivity index (χ0v) is 17.1. The number of aryl methyl sites for hydroxylation is 2. The molecule has 1 aromatic heterocycles. The van der Waals surface area contributed by atoms with E-state index in [4.69, 9.17) is 0 Å². The number of imidazole rings is 1. The summed E-state index contributed by atoms with van der Waals surface area (Å²) in [4.78, 5) is 16.3. The molecule has 1 heterocycles. The Morgan fingerprint density at radius 2 is 1.82 bits per heavy atom. The van der Waals surface area contributed by atoms with E-state index in [1.165, 1.54) is 36.0 Å². The molecule has 1 N–H and O–H groups in total. The highest BCUT2D eigenvalue weighted by Gasteiger charge is 2.24. The number of amides is 1. The lowest BCUT2D eigenvalue weighted by Gasteiger charge is -2.08. The summed E-state index contributed by atoms with van der Waals surface area (Å²) in [5.74, 6) is -2.85. The van der Waals surface area contributed by atoms with E-state index in [-0.39, 0.29) is 16.4 Å². The molecule has 6 nitrogen and oxygen atoms in total. The standard InChI is InChI=1S/C18H14BrF2N3O3S/c1-10-8-11(19)6-7-15(10)28(26,27)23-18(25)14-9-24(2)17(22-14)16-12(20)4-3-5-13(16)21/h3-9H,1-2H3,(H,23,25). The largest absolute Gasteiger partial charge is 0.333 e. The molecule has 3 aromatic rings. The van der Waals surface area contributed by atoms with Crippen LogP contribution in [-0.2, 0) is 17.1 Å². The van der Waals surface area contributed by atoms with Gasteiger partial charge in [0.2, 0.25) is 0 Å². The summed E-state index contributed by atoms with van der Waals surface area (Å²) in [5.41, 5.74) is -0.265. The van der Waals surface area contributed by atoms with Crippen LogP contribution in [0.15, 0.2) is 52.0 Å². The van der Waals surface area contributed by atoms with E-state index in [2.05, 4.69) is 20.9 Å². The SMILES string of the molecule is Cc1cc(Br)ccc1S(=O)(=O)NC(=O)c1cn(C)c(-c2c(F)cccc2F)n1. The van der Waals surface area contributed by atoms with Crippen LogP contribution in [0.5, 0.6) is 0 Å². The van der Waals surface area contributed by atoms with Crippen molar-refractivity contribution in [2.24, 2.45) is 7.05 Å². The summed E-state index contributed by atoms with van der Waals surface area (Å²) in [6, 6.07) is 7.82. The molecule has 0 bridgehead atoms. The molecule has 28 heavy (non-hydrogen) atoms. The van der Waals surface area contributed by atoms with Crippen LogP contribution in [0.1, 0.15) is 16.1 Å². The molecule has 3 rings (SSSR count). The number of hydrogen-bond donors (Lipinski definition) is 1. The van der Waals surface area contributed by atoms with Crippen molar-refractivity contribution in [1.29, 1.82) is 0 Å². The molecule has 0 aliphatic heterocycles. The molecule has 146 valence electrons. The maximum Gasteiger partial charge on any atom is 0.285 e. The minimum Gasteiger partial charge on any atom is -0.333 e. The van der Waals surface area contributed by atoms with Crippen molar-refractivity contribution >= 4 is 31.9 Å². The van der Waals surface area contributed by atoms with Crippen molar-refractivity contribution in [1.82, 2.24) is 14.3 Å². The van der Waals surface area contributed by atoms with Crippen LogP contribution in [0.3, 0.4) is 0 Å². The number of rotatable bonds is 4. The smallest absolute Gasteiger partial charge is 0.285 e. The Kier molecular flexibility index (Phi) is 5.35. The Morgan fingerprint density at radius 3 is 2.43 bits per heavy atom. The van der Waals surface area contributed by atoms with Gasteiger partial charge < -0.3 is 4.57 Å². The molecule has 2 aromatic carbocycles. The van der Waals surface area contributed by atoms with E-state index in [9.17, 15) is 22.0 Å². The predicted octanol–water partition coefficient (Wildman–Crippen LogP) is 3.55. The molecular formula is C18H14BrF2N3O3S. The lowest BCUT2D eigenvalue weighted by Crippen LogP contribution is -2.31. The first kappa shape index (κ1) is 20.2. The monoisotopic (exact) mass is 469 g/mol. The van der Waals surface area contributed by atoms with Crippen molar-refractivity contribution in [3.63, 3.8) is 0 Å². The van der Waals surface area contributed by atoms with Crippen molar-refractivity contribution in [2.45, 2.75) is 11.8 Å². The molecule has 0 unspecified atom stereocenters. The van der Waals surface area contributed by atoms with E-state index >= 15 is 0 Å². The van der Waals surface area contributed by atoms with Crippen LogP contribution in [0.2, 0.25) is 0 Å². The van der Waals surface area contributed by atoms with E-state index in [0.29, 0.717) is 10.0 Å². The first-order chi connectivity index (χ1) is 13.1. The van der Waals surface area contributed by atoms with Crippen molar-refractivity contribution in [2.75, 3.05) is 0 Å². The minimum atomic E-state index is -4.16. The summed E-state index contributed by atoms with van der Waals surface area (Å²) in [6.45, 7) is 1.59. The number of hydrogen-bond acceptors (Lipinski definition) is 4. The summed E-state index contributed by atoms with van der Waals surface area (Å²) >= 11 is 3.24. The summed E-state index contributed by atoms with van der Waals surface area (Å²) < 4.78 is 56.9. The van der Waals surface area contributed by atoms with Gasteiger partial charge in [0.05, 0.1) is 10.5 Å². The summed E-state index contributed by atoms with van der Waals surface area (Å²) in [7, 11) is -2.71. The normalized spacial score (nSPS) is 11.5. The van der Waals surface area contributed by atoms with Crippen LogP contribution in [0, 0.1) is 18.6 Å². The maximum absolute atomic E-state index is 14.0. The molecule has 0 saturated heterocycles. The zero-order chi connectivity index (χ0) is 20.6. The topological polar surface area (TPSA) is 81.1 Å². The molecule has 0 atom stereocenters. The number of nitrogens with zero attached hydrogens (tertiary/aromatic N) is 2. The third kappa shape index (κ3) is 3.83. The summed E-state index contributed by atoms with van der Waals surface area (Å²) in [6.07, 6.45) is 1.19. The molecule has 0 aliphatic rings. The lowest BCUT2D eigenvalue weighted by molar-refractivity contribution is 0.0977. The maximum atomic E-state index is 14.0. The van der Waals surface area contributed by atoms with Crippen molar-refractivity contribution < 1.29 is 22.0 Å². The van der Waals surface area contributed by atoms with Gasteiger partial charge in [-0.05, 0) is 42.8 Å². The third-order valence-electron chi connectivity index (χ3n) is 3.95. The fourth-order valence-electron chi connectivity index (χ4n) is 2.66. The Morgan fingerprint density at radius 1 is 1.18 bits per heavy atom. The fourth-order valence-corrected chi connectivity index (χ4v) is 4.33. The molecule has 0 radical (unpaired) electrons. The lowest BCUT2D eigenvalue weighted by atomic mass is 10.2. The van der Waals surface area contributed by atoms with Crippen LogP contribution < -0.4 is 4.72 Å². The van der Waals surface area contributed by atoms with Crippen molar-refractivity contribution in [3.05, 3.63) is 70.0 Å². The minimum absolute atomic E-state index is 0.0691.